The molecule has 0 aliphatic carbocycles. The number of rotatable bonds is 4. The third-order valence-electron chi connectivity index (χ3n) is 3.37. The van der Waals surface area contributed by atoms with E-state index in [-0.39, 0.29) is 16.7 Å². The maximum Gasteiger partial charge on any atom is 0.333 e. The Kier molecular flexibility index (Phi) is 4.36. The molecular weight excluding hydrogens is 248 g/mol. The molecule has 0 bridgehead atoms. The van der Waals surface area contributed by atoms with Crippen LogP contribution in [0.15, 0.2) is 0 Å². The van der Waals surface area contributed by atoms with Crippen LogP contribution in [0.3, 0.4) is 0 Å². The summed E-state index contributed by atoms with van der Waals surface area (Å²) in [5.74, 6) is 0.525. The Morgan fingerprint density at radius 1 is 1.53 bits per heavy atom. The van der Waals surface area contributed by atoms with Crippen LogP contribution >= 0.6 is 0 Å². The summed E-state index contributed by atoms with van der Waals surface area (Å²) in [6.07, 6.45) is 2.81. The van der Waals surface area contributed by atoms with Crippen LogP contribution in [0.4, 0.5) is 11.5 Å². The topological polar surface area (TPSA) is 82.2 Å². The van der Waals surface area contributed by atoms with Crippen LogP contribution in [0.25, 0.3) is 0 Å². The van der Waals surface area contributed by atoms with Gasteiger partial charge in [0.15, 0.2) is 0 Å². The molecular formula is C12H20N4O3. The molecule has 2 rings (SSSR count). The molecule has 1 aliphatic rings. The van der Waals surface area contributed by atoms with Crippen molar-refractivity contribution in [1.82, 2.24) is 9.78 Å². The normalized spacial score (nSPS) is 20.0. The van der Waals surface area contributed by atoms with Crippen molar-refractivity contribution in [3.63, 3.8) is 0 Å². The van der Waals surface area contributed by atoms with Crippen LogP contribution in [-0.2, 0) is 11.3 Å². The fourth-order valence-electron chi connectivity index (χ4n) is 2.40. The van der Waals surface area contributed by atoms with E-state index in [1.165, 1.54) is 0 Å². The van der Waals surface area contributed by atoms with Gasteiger partial charge in [-0.25, -0.2) is 4.68 Å². The van der Waals surface area contributed by atoms with Crippen molar-refractivity contribution in [3.05, 3.63) is 15.8 Å². The van der Waals surface area contributed by atoms with E-state index in [9.17, 15) is 10.1 Å². The molecule has 1 fully saturated rings. The lowest BCUT2D eigenvalue weighted by Gasteiger charge is -2.17. The molecule has 0 aromatic carbocycles. The van der Waals surface area contributed by atoms with Gasteiger partial charge in [-0.15, -0.1) is 0 Å². The summed E-state index contributed by atoms with van der Waals surface area (Å²) in [5, 5.41) is 18.7. The molecule has 7 nitrogen and oxygen atoms in total. The lowest BCUT2D eigenvalue weighted by atomic mass is 10.1. The summed E-state index contributed by atoms with van der Waals surface area (Å²) >= 11 is 0. The predicted molar refractivity (Wildman–Crippen MR) is 71.4 cm³/mol. The summed E-state index contributed by atoms with van der Waals surface area (Å²) in [5.41, 5.74) is 0.547. The van der Waals surface area contributed by atoms with Crippen LogP contribution in [0.1, 0.15) is 31.9 Å². The third kappa shape index (κ3) is 3.04. The van der Waals surface area contributed by atoms with Crippen LogP contribution in [-0.4, -0.2) is 34.0 Å². The molecule has 2 heterocycles. The van der Waals surface area contributed by atoms with Gasteiger partial charge >= 0.3 is 5.69 Å². The van der Waals surface area contributed by atoms with Crippen molar-refractivity contribution in [1.29, 1.82) is 0 Å². The number of nitrogens with zero attached hydrogens (tertiary/aromatic N) is 3. The lowest BCUT2D eigenvalue weighted by molar-refractivity contribution is -0.384. The van der Waals surface area contributed by atoms with Crippen LogP contribution < -0.4 is 5.32 Å². The number of hydrogen-bond acceptors (Lipinski definition) is 5. The minimum atomic E-state index is -0.357. The highest BCUT2D eigenvalue weighted by atomic mass is 16.6. The number of hydrogen-bond donors (Lipinski definition) is 1. The molecule has 7 heteroatoms. The second-order valence-corrected chi connectivity index (χ2v) is 4.74. The van der Waals surface area contributed by atoms with Gasteiger partial charge < -0.3 is 10.1 Å². The Labute approximate surface area is 112 Å². The fourth-order valence-corrected chi connectivity index (χ4v) is 2.40. The van der Waals surface area contributed by atoms with Gasteiger partial charge in [0, 0.05) is 25.8 Å². The molecule has 1 aliphatic heterocycles. The van der Waals surface area contributed by atoms with E-state index in [0.29, 0.717) is 24.7 Å². The molecule has 0 unspecified atom stereocenters. The average molecular weight is 268 g/mol. The minimum absolute atomic E-state index is 0.0898. The molecule has 0 saturated carbocycles. The molecule has 1 atom stereocenters. The number of anilines is 1. The highest BCUT2D eigenvalue weighted by molar-refractivity contribution is 5.60. The molecule has 0 spiro atoms. The van der Waals surface area contributed by atoms with Gasteiger partial charge in [0.05, 0.1) is 4.92 Å². The minimum Gasteiger partial charge on any atom is -0.381 e. The first-order valence-corrected chi connectivity index (χ1v) is 6.69. The maximum absolute atomic E-state index is 11.2. The Morgan fingerprint density at radius 3 is 3.00 bits per heavy atom. The van der Waals surface area contributed by atoms with Crippen LogP contribution in [0.5, 0.6) is 0 Å². The first kappa shape index (κ1) is 13.8. The summed E-state index contributed by atoms with van der Waals surface area (Å²) in [6, 6.07) is 0.211. The van der Waals surface area contributed by atoms with Crippen molar-refractivity contribution in [2.75, 3.05) is 18.5 Å². The zero-order valence-corrected chi connectivity index (χ0v) is 11.4. The Bertz CT molecular complexity index is 450. The van der Waals surface area contributed by atoms with Gasteiger partial charge in [-0.05, 0) is 33.1 Å². The van der Waals surface area contributed by atoms with Gasteiger partial charge in [-0.1, -0.05) is 0 Å². The smallest absolute Gasteiger partial charge is 0.333 e. The van der Waals surface area contributed by atoms with E-state index in [2.05, 4.69) is 10.4 Å². The molecule has 19 heavy (non-hydrogen) atoms. The number of nitro groups is 1. The summed E-state index contributed by atoms with van der Waals surface area (Å²) in [6.45, 7) is 5.68. The van der Waals surface area contributed by atoms with Crippen molar-refractivity contribution in [2.24, 2.45) is 0 Å². The summed E-state index contributed by atoms with van der Waals surface area (Å²) in [4.78, 5) is 10.8. The largest absolute Gasteiger partial charge is 0.381 e. The lowest BCUT2D eigenvalue weighted by Crippen LogP contribution is -2.22. The zero-order chi connectivity index (χ0) is 13.8. The molecule has 0 amide bonds. The van der Waals surface area contributed by atoms with Gasteiger partial charge in [-0.2, -0.15) is 5.10 Å². The predicted octanol–water partition coefficient (Wildman–Crippen LogP) is 2.10. The standard InChI is InChI=1S/C12H20N4O3/c1-3-15-12(11(16(17)18)9(2)14-15)13-10-5-4-7-19-8-6-10/h10,13H,3-8H2,1-2H3/t10-/m0/s1. The molecule has 106 valence electrons. The highest BCUT2D eigenvalue weighted by Gasteiger charge is 2.26. The van der Waals surface area contributed by atoms with E-state index >= 15 is 0 Å². The zero-order valence-electron chi connectivity index (χ0n) is 11.4. The van der Waals surface area contributed by atoms with E-state index in [0.717, 1.165) is 25.9 Å². The van der Waals surface area contributed by atoms with Crippen molar-refractivity contribution in [3.8, 4) is 0 Å². The van der Waals surface area contributed by atoms with Crippen LogP contribution in [0, 0.1) is 17.0 Å². The van der Waals surface area contributed by atoms with Gasteiger partial charge in [0.25, 0.3) is 0 Å². The Morgan fingerprint density at radius 2 is 2.32 bits per heavy atom. The van der Waals surface area contributed by atoms with Crippen molar-refractivity contribution < 1.29 is 9.66 Å². The van der Waals surface area contributed by atoms with E-state index < -0.39 is 0 Å². The summed E-state index contributed by atoms with van der Waals surface area (Å²) < 4.78 is 7.07. The fraction of sp³-hybridized carbons (Fsp3) is 0.750. The second kappa shape index (κ2) is 6.01. The van der Waals surface area contributed by atoms with E-state index in [1.54, 1.807) is 11.6 Å². The van der Waals surface area contributed by atoms with E-state index in [1.807, 2.05) is 6.92 Å². The number of nitrogens with one attached hydrogen (secondary N) is 1. The SMILES string of the molecule is CCn1nc(C)c([N+](=O)[O-])c1N[C@H]1CCCOCC1. The quantitative estimate of drug-likeness (QED) is 0.668. The molecule has 1 aromatic rings. The first-order valence-electron chi connectivity index (χ1n) is 6.69. The highest BCUT2D eigenvalue weighted by Crippen LogP contribution is 2.29. The number of aryl methyl sites for hydroxylation is 2. The van der Waals surface area contributed by atoms with Gasteiger partial charge in [0.2, 0.25) is 5.82 Å². The average Bonchev–Trinajstić information content (AvgIpc) is 2.54. The molecule has 0 radical (unpaired) electrons. The Balaban J connectivity index is 2.24. The first-order chi connectivity index (χ1) is 9.13. The molecule has 1 N–H and O–H groups in total. The monoisotopic (exact) mass is 268 g/mol. The third-order valence-corrected chi connectivity index (χ3v) is 3.37. The number of ether oxygens (including phenoxy) is 1. The maximum atomic E-state index is 11.2. The van der Waals surface area contributed by atoms with Crippen LogP contribution in [0.2, 0.25) is 0 Å². The summed E-state index contributed by atoms with van der Waals surface area (Å²) in [7, 11) is 0. The Hall–Kier alpha value is -1.63. The molecule has 1 saturated heterocycles. The van der Waals surface area contributed by atoms with Gasteiger partial charge in [0.1, 0.15) is 5.69 Å². The number of aromatic nitrogens is 2. The molecule has 1 aromatic heterocycles. The van der Waals surface area contributed by atoms with Crippen molar-refractivity contribution in [2.45, 2.75) is 45.7 Å². The second-order valence-electron chi connectivity index (χ2n) is 4.74. The van der Waals surface area contributed by atoms with E-state index in [4.69, 9.17) is 4.74 Å². The van der Waals surface area contributed by atoms with Gasteiger partial charge in [-0.3, -0.25) is 10.1 Å². The van der Waals surface area contributed by atoms with Crippen molar-refractivity contribution >= 4 is 11.5 Å².